The van der Waals surface area contributed by atoms with Crippen LogP contribution in [0.1, 0.15) is 11.8 Å². The zero-order chi connectivity index (χ0) is 15.5. The van der Waals surface area contributed by atoms with Crippen molar-refractivity contribution in [1.82, 2.24) is 15.3 Å². The average molecular weight is 339 g/mol. The third-order valence-corrected chi connectivity index (χ3v) is 3.59. The van der Waals surface area contributed by atoms with E-state index in [-0.39, 0.29) is 24.3 Å². The fraction of sp³-hybridized carbons (Fsp3) is 0.375. The van der Waals surface area contributed by atoms with E-state index in [2.05, 4.69) is 15.3 Å². The third kappa shape index (κ3) is 3.96. The lowest BCUT2D eigenvalue weighted by atomic mass is 10.0. The van der Waals surface area contributed by atoms with Crippen LogP contribution in [0.4, 0.5) is 10.3 Å². The molecule has 23 heavy (non-hydrogen) atoms. The Hall–Kier alpha value is -1.76. The molecule has 0 aliphatic carbocycles. The van der Waals surface area contributed by atoms with Gasteiger partial charge >= 0.3 is 0 Å². The Labute approximate surface area is 141 Å². The molecule has 5 nitrogen and oxygen atoms in total. The Bertz CT molecular complexity index is 645. The third-order valence-electron chi connectivity index (χ3n) is 3.59. The van der Waals surface area contributed by atoms with Crippen LogP contribution in [0.5, 0.6) is 0 Å². The van der Waals surface area contributed by atoms with E-state index >= 15 is 0 Å². The van der Waals surface area contributed by atoms with E-state index in [1.165, 1.54) is 12.1 Å². The van der Waals surface area contributed by atoms with Crippen molar-refractivity contribution in [3.63, 3.8) is 0 Å². The number of anilines is 1. The number of aromatic nitrogens is 2. The lowest BCUT2D eigenvalue weighted by molar-refractivity contribution is 0.0254. The van der Waals surface area contributed by atoms with Crippen molar-refractivity contribution in [2.75, 3.05) is 38.7 Å². The number of nitrogens with one attached hydrogen (secondary N) is 1. The molecule has 1 aromatic heterocycles. The predicted octanol–water partition coefficient (Wildman–Crippen LogP) is 2.43. The highest BCUT2D eigenvalue weighted by Gasteiger charge is 2.22. The summed E-state index contributed by atoms with van der Waals surface area (Å²) in [7, 11) is 3.80. The van der Waals surface area contributed by atoms with Gasteiger partial charge in [0.15, 0.2) is 0 Å². The van der Waals surface area contributed by atoms with Crippen molar-refractivity contribution in [2.24, 2.45) is 0 Å². The van der Waals surface area contributed by atoms with Gasteiger partial charge in [0.05, 0.1) is 12.3 Å². The minimum atomic E-state index is -0.258. The van der Waals surface area contributed by atoms with Crippen molar-refractivity contribution in [3.8, 4) is 11.1 Å². The summed E-state index contributed by atoms with van der Waals surface area (Å²) < 4.78 is 19.0. The fourth-order valence-corrected chi connectivity index (χ4v) is 2.44. The van der Waals surface area contributed by atoms with E-state index in [1.54, 1.807) is 18.3 Å². The first-order valence-electron chi connectivity index (χ1n) is 7.27. The highest BCUT2D eigenvalue weighted by Crippen LogP contribution is 2.30. The molecule has 1 fully saturated rings. The van der Waals surface area contributed by atoms with Crippen molar-refractivity contribution in [1.29, 1.82) is 0 Å². The molecule has 0 radical (unpaired) electrons. The standard InChI is InChI=1S/C16H19FN4O.ClH/c1-21(2)16-19-9-13(11-3-5-12(17)6-4-11)15(20-16)14-10-18-7-8-22-14;/h3-6,9,14,18H,7-8,10H2,1-2H3;1H. The van der Waals surface area contributed by atoms with Crippen LogP contribution in [0, 0.1) is 5.82 Å². The molecular weight excluding hydrogens is 319 g/mol. The molecule has 124 valence electrons. The molecule has 2 aromatic rings. The molecule has 3 rings (SSSR count). The molecule has 2 heterocycles. The molecule has 0 bridgehead atoms. The topological polar surface area (TPSA) is 50.3 Å². The van der Waals surface area contributed by atoms with Crippen molar-refractivity contribution in [3.05, 3.63) is 42.0 Å². The van der Waals surface area contributed by atoms with E-state index in [1.807, 2.05) is 19.0 Å². The lowest BCUT2D eigenvalue weighted by Gasteiger charge is -2.25. The van der Waals surface area contributed by atoms with Crippen molar-refractivity contribution < 1.29 is 9.13 Å². The van der Waals surface area contributed by atoms with Gasteiger partial charge < -0.3 is 15.0 Å². The molecule has 7 heteroatoms. The van der Waals surface area contributed by atoms with Crippen molar-refractivity contribution >= 4 is 18.4 Å². The van der Waals surface area contributed by atoms with Crippen LogP contribution in [-0.4, -0.2) is 43.8 Å². The summed E-state index contributed by atoms with van der Waals surface area (Å²) in [6, 6.07) is 6.37. The average Bonchev–Trinajstić information content (AvgIpc) is 2.56. The van der Waals surface area contributed by atoms with Crippen molar-refractivity contribution in [2.45, 2.75) is 6.10 Å². The molecular formula is C16H20ClFN4O. The minimum Gasteiger partial charge on any atom is -0.369 e. The number of nitrogens with zero attached hydrogens (tertiary/aromatic N) is 3. The second kappa shape index (κ2) is 7.68. The minimum absolute atomic E-state index is 0. The molecule has 0 saturated carbocycles. The van der Waals surface area contributed by atoms with Gasteiger partial charge in [-0.3, -0.25) is 0 Å². The van der Waals surface area contributed by atoms with Crippen LogP contribution in [0.2, 0.25) is 0 Å². The first-order chi connectivity index (χ1) is 10.6. The number of ether oxygens (including phenoxy) is 1. The second-order valence-corrected chi connectivity index (χ2v) is 5.43. The summed E-state index contributed by atoms with van der Waals surface area (Å²) in [6.07, 6.45) is 1.65. The van der Waals surface area contributed by atoms with Crippen LogP contribution < -0.4 is 10.2 Å². The van der Waals surface area contributed by atoms with Gasteiger partial charge in [-0.1, -0.05) is 12.1 Å². The maximum absolute atomic E-state index is 13.2. The summed E-state index contributed by atoms with van der Waals surface area (Å²) in [6.45, 7) is 2.20. The molecule has 0 spiro atoms. The van der Waals surface area contributed by atoms with Gasteiger partial charge in [0.2, 0.25) is 5.95 Å². The van der Waals surface area contributed by atoms with Gasteiger partial charge in [-0.25, -0.2) is 14.4 Å². The smallest absolute Gasteiger partial charge is 0.225 e. The quantitative estimate of drug-likeness (QED) is 0.931. The molecule has 1 N–H and O–H groups in total. The van der Waals surface area contributed by atoms with E-state index in [0.29, 0.717) is 19.1 Å². The van der Waals surface area contributed by atoms with E-state index in [9.17, 15) is 4.39 Å². The predicted molar refractivity (Wildman–Crippen MR) is 90.6 cm³/mol. The monoisotopic (exact) mass is 338 g/mol. The van der Waals surface area contributed by atoms with Crippen LogP contribution >= 0.6 is 12.4 Å². The Morgan fingerprint density at radius 3 is 2.61 bits per heavy atom. The SMILES string of the molecule is CN(C)c1ncc(-c2ccc(F)cc2)c(C2CNCCO2)n1.Cl. The first kappa shape index (κ1) is 17.6. The van der Waals surface area contributed by atoms with Gasteiger partial charge in [0, 0.05) is 38.9 Å². The van der Waals surface area contributed by atoms with E-state index in [0.717, 1.165) is 23.4 Å². The van der Waals surface area contributed by atoms with E-state index < -0.39 is 0 Å². The van der Waals surface area contributed by atoms with Gasteiger partial charge in [-0.05, 0) is 17.7 Å². The van der Waals surface area contributed by atoms with Gasteiger partial charge in [-0.2, -0.15) is 0 Å². The van der Waals surface area contributed by atoms with Crippen LogP contribution in [0.15, 0.2) is 30.5 Å². The molecule has 0 amide bonds. The summed E-state index contributed by atoms with van der Waals surface area (Å²) in [4.78, 5) is 10.9. The number of hydrogen-bond acceptors (Lipinski definition) is 5. The van der Waals surface area contributed by atoms with Gasteiger partial charge in [0.25, 0.3) is 0 Å². The van der Waals surface area contributed by atoms with Gasteiger partial charge in [-0.15, -0.1) is 12.4 Å². The largest absolute Gasteiger partial charge is 0.369 e. The number of halogens is 2. The second-order valence-electron chi connectivity index (χ2n) is 5.43. The summed E-state index contributed by atoms with van der Waals surface area (Å²) in [5.41, 5.74) is 2.59. The molecule has 1 saturated heterocycles. The molecule has 1 aliphatic heterocycles. The first-order valence-corrected chi connectivity index (χ1v) is 7.27. The number of rotatable bonds is 3. The maximum Gasteiger partial charge on any atom is 0.225 e. The normalized spacial score (nSPS) is 17.4. The highest BCUT2D eigenvalue weighted by molar-refractivity contribution is 5.85. The Kier molecular flexibility index (Phi) is 5.87. The summed E-state index contributed by atoms with van der Waals surface area (Å²) >= 11 is 0. The maximum atomic E-state index is 13.2. The van der Waals surface area contributed by atoms with E-state index in [4.69, 9.17) is 4.74 Å². The highest BCUT2D eigenvalue weighted by atomic mass is 35.5. The lowest BCUT2D eigenvalue weighted by Crippen LogP contribution is -2.34. The fourth-order valence-electron chi connectivity index (χ4n) is 2.44. The zero-order valence-electron chi connectivity index (χ0n) is 13.1. The van der Waals surface area contributed by atoms with Gasteiger partial charge in [0.1, 0.15) is 11.9 Å². The zero-order valence-corrected chi connectivity index (χ0v) is 13.9. The van der Waals surface area contributed by atoms with Crippen LogP contribution in [0.3, 0.4) is 0 Å². The Balaban J connectivity index is 0.00000192. The number of morpholine rings is 1. The number of benzene rings is 1. The molecule has 1 aliphatic rings. The molecule has 1 unspecified atom stereocenters. The molecule has 1 aromatic carbocycles. The Morgan fingerprint density at radius 1 is 1.26 bits per heavy atom. The summed E-state index contributed by atoms with van der Waals surface area (Å²) in [5, 5.41) is 3.31. The Morgan fingerprint density at radius 2 is 2.00 bits per heavy atom. The number of hydrogen-bond donors (Lipinski definition) is 1. The van der Waals surface area contributed by atoms with Crippen LogP contribution in [0.25, 0.3) is 11.1 Å². The molecule has 1 atom stereocenters. The summed E-state index contributed by atoms with van der Waals surface area (Å²) in [5.74, 6) is 0.377. The van der Waals surface area contributed by atoms with Crippen LogP contribution in [-0.2, 0) is 4.74 Å².